The van der Waals surface area contributed by atoms with Gasteiger partial charge >= 0.3 is 5.97 Å². The van der Waals surface area contributed by atoms with Gasteiger partial charge in [0.2, 0.25) is 0 Å². The van der Waals surface area contributed by atoms with Gasteiger partial charge in [0.05, 0.1) is 5.69 Å². The Hall–Kier alpha value is -1.03. The lowest BCUT2D eigenvalue weighted by Gasteiger charge is -1.86. The van der Waals surface area contributed by atoms with Gasteiger partial charge in [0.15, 0.2) is 0 Å². The van der Waals surface area contributed by atoms with Crippen molar-refractivity contribution in [1.82, 2.24) is 0 Å². The number of aromatic carboxylic acids is 1. The Balaban J connectivity index is 3.07. The molecular formula is C7H9NO2S. The molecule has 1 aromatic heterocycles. The van der Waals surface area contributed by atoms with Crippen LogP contribution in [0.2, 0.25) is 0 Å². The van der Waals surface area contributed by atoms with Gasteiger partial charge in [0.25, 0.3) is 0 Å². The molecule has 0 aliphatic carbocycles. The Bertz CT molecular complexity index is 280. The summed E-state index contributed by atoms with van der Waals surface area (Å²) in [5.74, 6) is -0.938. The van der Waals surface area contributed by atoms with Crippen molar-refractivity contribution < 1.29 is 9.90 Å². The van der Waals surface area contributed by atoms with Crippen molar-refractivity contribution in [2.75, 3.05) is 5.73 Å². The third kappa shape index (κ3) is 1.51. The van der Waals surface area contributed by atoms with Gasteiger partial charge in [-0.1, -0.05) is 6.92 Å². The molecule has 0 aliphatic rings. The van der Waals surface area contributed by atoms with E-state index in [1.807, 2.05) is 6.92 Å². The monoisotopic (exact) mass is 171 g/mol. The summed E-state index contributed by atoms with van der Waals surface area (Å²) in [7, 11) is 0. The zero-order valence-electron chi connectivity index (χ0n) is 6.13. The molecule has 3 nitrogen and oxygen atoms in total. The largest absolute Gasteiger partial charge is 0.477 e. The summed E-state index contributed by atoms with van der Waals surface area (Å²) in [6.07, 6.45) is 0.835. The molecule has 1 aromatic rings. The Morgan fingerprint density at radius 2 is 2.45 bits per heavy atom. The molecular weight excluding hydrogens is 162 g/mol. The predicted octanol–water partition coefficient (Wildman–Crippen LogP) is 1.59. The first-order valence-corrected chi connectivity index (χ1v) is 4.08. The topological polar surface area (TPSA) is 63.3 Å². The van der Waals surface area contributed by atoms with Crippen molar-refractivity contribution in [3.63, 3.8) is 0 Å². The number of anilines is 1. The summed E-state index contributed by atoms with van der Waals surface area (Å²) in [5, 5.41) is 8.60. The van der Waals surface area contributed by atoms with Crippen molar-refractivity contribution in [2.24, 2.45) is 0 Å². The van der Waals surface area contributed by atoms with Crippen molar-refractivity contribution >= 4 is 23.0 Å². The Morgan fingerprint density at radius 1 is 1.82 bits per heavy atom. The lowest BCUT2D eigenvalue weighted by Crippen LogP contribution is -1.96. The van der Waals surface area contributed by atoms with E-state index in [4.69, 9.17) is 10.8 Å². The number of carbonyl (C=O) groups is 1. The van der Waals surface area contributed by atoms with Crippen LogP contribution in [0, 0.1) is 0 Å². The third-order valence-corrected chi connectivity index (χ3v) is 2.64. The van der Waals surface area contributed by atoms with E-state index in [2.05, 4.69) is 0 Å². The lowest BCUT2D eigenvalue weighted by atomic mass is 10.3. The van der Waals surface area contributed by atoms with Crippen LogP contribution in [-0.4, -0.2) is 11.1 Å². The van der Waals surface area contributed by atoms with Gasteiger partial charge in [-0.25, -0.2) is 4.79 Å². The standard InChI is InChI=1S/C7H9NO2S/c1-2-4-3-5(8)6(11-4)7(9)10/h3H,2,8H2,1H3,(H,9,10). The molecule has 0 amide bonds. The number of carboxylic acid groups (broad SMARTS) is 1. The molecule has 1 heterocycles. The second kappa shape index (κ2) is 2.92. The normalized spacial score (nSPS) is 9.91. The number of thiophene rings is 1. The second-order valence-corrected chi connectivity index (χ2v) is 3.29. The molecule has 0 aromatic carbocycles. The highest BCUT2D eigenvalue weighted by atomic mass is 32.1. The fourth-order valence-electron chi connectivity index (χ4n) is 0.800. The summed E-state index contributed by atoms with van der Waals surface area (Å²) >= 11 is 1.24. The van der Waals surface area contributed by atoms with Crippen LogP contribution in [0.3, 0.4) is 0 Å². The average molecular weight is 171 g/mol. The summed E-state index contributed by atoms with van der Waals surface area (Å²) in [5.41, 5.74) is 5.82. The molecule has 0 spiro atoms. The first-order chi connectivity index (χ1) is 5.15. The Kier molecular flexibility index (Phi) is 2.14. The molecule has 4 heteroatoms. The van der Waals surface area contributed by atoms with Gasteiger partial charge in [-0.05, 0) is 12.5 Å². The number of aryl methyl sites for hydroxylation is 1. The van der Waals surface area contributed by atoms with Crippen molar-refractivity contribution in [2.45, 2.75) is 13.3 Å². The minimum absolute atomic E-state index is 0.252. The summed E-state index contributed by atoms with van der Waals surface area (Å²) < 4.78 is 0. The van der Waals surface area contributed by atoms with Crippen LogP contribution < -0.4 is 5.73 Å². The summed E-state index contributed by atoms with van der Waals surface area (Å²) in [6.45, 7) is 1.97. The summed E-state index contributed by atoms with van der Waals surface area (Å²) in [4.78, 5) is 11.7. The third-order valence-electron chi connectivity index (χ3n) is 1.35. The van der Waals surface area contributed by atoms with Gasteiger partial charge in [-0.3, -0.25) is 0 Å². The van der Waals surface area contributed by atoms with E-state index in [1.54, 1.807) is 6.07 Å². The molecule has 0 saturated carbocycles. The first-order valence-electron chi connectivity index (χ1n) is 3.26. The van der Waals surface area contributed by atoms with Gasteiger partial charge in [0, 0.05) is 4.88 Å². The van der Waals surface area contributed by atoms with Crippen molar-refractivity contribution in [1.29, 1.82) is 0 Å². The number of carboxylic acids is 1. The molecule has 11 heavy (non-hydrogen) atoms. The van der Waals surface area contributed by atoms with E-state index < -0.39 is 5.97 Å². The second-order valence-electron chi connectivity index (χ2n) is 2.16. The molecule has 3 N–H and O–H groups in total. The van der Waals surface area contributed by atoms with Crippen molar-refractivity contribution in [3.8, 4) is 0 Å². The Labute approximate surface area is 68.5 Å². The maximum Gasteiger partial charge on any atom is 0.348 e. The fraction of sp³-hybridized carbons (Fsp3) is 0.286. The zero-order chi connectivity index (χ0) is 8.43. The fourth-order valence-corrected chi connectivity index (χ4v) is 1.66. The molecule has 0 aliphatic heterocycles. The van der Waals surface area contributed by atoms with Crippen LogP contribution in [0.4, 0.5) is 5.69 Å². The lowest BCUT2D eigenvalue weighted by molar-refractivity contribution is 0.0703. The van der Waals surface area contributed by atoms with Crippen LogP contribution in [-0.2, 0) is 6.42 Å². The van der Waals surface area contributed by atoms with Gasteiger partial charge in [-0.2, -0.15) is 0 Å². The molecule has 0 atom stereocenters. The Morgan fingerprint density at radius 3 is 2.73 bits per heavy atom. The first kappa shape index (κ1) is 8.07. The van der Waals surface area contributed by atoms with Crippen LogP contribution in [0.15, 0.2) is 6.07 Å². The quantitative estimate of drug-likeness (QED) is 0.710. The minimum atomic E-state index is -0.938. The van der Waals surface area contributed by atoms with Gasteiger partial charge in [0.1, 0.15) is 4.88 Å². The van der Waals surface area contributed by atoms with Gasteiger partial charge < -0.3 is 10.8 Å². The highest BCUT2D eigenvalue weighted by Crippen LogP contribution is 2.24. The van der Waals surface area contributed by atoms with Gasteiger partial charge in [-0.15, -0.1) is 11.3 Å². The predicted molar refractivity (Wildman–Crippen MR) is 45.1 cm³/mol. The van der Waals surface area contributed by atoms with E-state index in [0.717, 1.165) is 11.3 Å². The van der Waals surface area contributed by atoms with Crippen LogP contribution in [0.5, 0.6) is 0 Å². The van der Waals surface area contributed by atoms with E-state index in [0.29, 0.717) is 5.69 Å². The number of nitrogens with two attached hydrogens (primary N) is 1. The van der Waals surface area contributed by atoms with Crippen molar-refractivity contribution in [3.05, 3.63) is 15.8 Å². The molecule has 0 radical (unpaired) electrons. The van der Waals surface area contributed by atoms with E-state index in [1.165, 1.54) is 11.3 Å². The average Bonchev–Trinajstić information content (AvgIpc) is 2.30. The minimum Gasteiger partial charge on any atom is -0.477 e. The number of rotatable bonds is 2. The molecule has 60 valence electrons. The summed E-state index contributed by atoms with van der Waals surface area (Å²) in [6, 6.07) is 1.72. The molecule has 0 bridgehead atoms. The molecule has 0 saturated heterocycles. The maximum atomic E-state index is 10.5. The van der Waals surface area contributed by atoms with Crippen LogP contribution in [0.1, 0.15) is 21.5 Å². The molecule has 1 rings (SSSR count). The number of hydrogen-bond donors (Lipinski definition) is 2. The highest BCUT2D eigenvalue weighted by Gasteiger charge is 2.11. The molecule has 0 fully saturated rings. The van der Waals surface area contributed by atoms with E-state index in [9.17, 15) is 4.79 Å². The smallest absolute Gasteiger partial charge is 0.348 e. The van der Waals surface area contributed by atoms with E-state index >= 15 is 0 Å². The zero-order valence-corrected chi connectivity index (χ0v) is 6.94. The highest BCUT2D eigenvalue weighted by molar-refractivity contribution is 7.14. The number of hydrogen-bond acceptors (Lipinski definition) is 3. The van der Waals surface area contributed by atoms with E-state index in [-0.39, 0.29) is 4.88 Å². The number of nitrogen functional groups attached to an aromatic ring is 1. The SMILES string of the molecule is CCc1cc(N)c(C(=O)O)s1. The molecule has 0 unspecified atom stereocenters. The maximum absolute atomic E-state index is 10.5. The van der Waals surface area contributed by atoms with Crippen LogP contribution >= 0.6 is 11.3 Å². The van der Waals surface area contributed by atoms with Crippen LogP contribution in [0.25, 0.3) is 0 Å².